The monoisotopic (exact) mass is 480 g/mol. The standard InChI is InChI=1S/C26H25FN2O6/c27-12-18-10-19(7-6-17(18)13-28)29-23(32)21-22(24(29)33)26(8-9-30)20(31)11-25(21,35-26)15-34-14-16-4-2-1-3-5-16/h1-7,10,20-22,30-31H,8-9,11-12,14-15H2/t20-,21+,22-,25-,26-/m0/s1. The van der Waals surface area contributed by atoms with Crippen molar-refractivity contribution in [2.75, 3.05) is 18.1 Å². The van der Waals surface area contributed by atoms with E-state index < -0.39 is 47.6 Å². The number of aliphatic hydroxyl groups excluding tert-OH is 2. The van der Waals surface area contributed by atoms with Crippen LogP contribution in [0.25, 0.3) is 0 Å². The highest BCUT2D eigenvalue weighted by atomic mass is 19.1. The Morgan fingerprint density at radius 2 is 1.91 bits per heavy atom. The van der Waals surface area contributed by atoms with Gasteiger partial charge in [-0.3, -0.25) is 9.59 Å². The molecule has 0 unspecified atom stereocenters. The second-order valence-corrected chi connectivity index (χ2v) is 9.35. The highest BCUT2D eigenvalue weighted by molar-refractivity contribution is 6.23. The third-order valence-electron chi connectivity index (χ3n) is 7.47. The van der Waals surface area contributed by atoms with Crippen molar-refractivity contribution in [1.82, 2.24) is 0 Å². The number of nitriles is 1. The van der Waals surface area contributed by atoms with Crippen LogP contribution in [0.5, 0.6) is 0 Å². The van der Waals surface area contributed by atoms with Gasteiger partial charge in [0.2, 0.25) is 11.8 Å². The van der Waals surface area contributed by atoms with Crippen LogP contribution in [-0.2, 0) is 32.3 Å². The summed E-state index contributed by atoms with van der Waals surface area (Å²) in [5.74, 6) is -3.04. The van der Waals surface area contributed by atoms with E-state index in [0.29, 0.717) is 0 Å². The second-order valence-electron chi connectivity index (χ2n) is 9.35. The predicted octanol–water partition coefficient (Wildman–Crippen LogP) is 2.00. The molecule has 0 radical (unpaired) electrons. The summed E-state index contributed by atoms with van der Waals surface area (Å²) < 4.78 is 25.7. The molecule has 182 valence electrons. The zero-order valence-corrected chi connectivity index (χ0v) is 18.9. The number of alkyl halides is 1. The van der Waals surface area contributed by atoms with Crippen LogP contribution < -0.4 is 4.90 Å². The number of ether oxygens (including phenoxy) is 2. The summed E-state index contributed by atoms with van der Waals surface area (Å²) >= 11 is 0. The number of halogens is 1. The Balaban J connectivity index is 1.49. The van der Waals surface area contributed by atoms with E-state index in [0.717, 1.165) is 10.5 Å². The first-order valence-corrected chi connectivity index (χ1v) is 11.5. The molecule has 0 spiro atoms. The molecule has 0 aromatic heterocycles. The molecule has 35 heavy (non-hydrogen) atoms. The van der Waals surface area contributed by atoms with Gasteiger partial charge in [0.05, 0.1) is 48.5 Å². The lowest BCUT2D eigenvalue weighted by atomic mass is 9.65. The number of benzene rings is 2. The molecule has 2 aromatic rings. The minimum atomic E-state index is -1.42. The number of carbonyl (C=O) groups is 2. The van der Waals surface area contributed by atoms with Gasteiger partial charge in [-0.2, -0.15) is 5.26 Å². The SMILES string of the molecule is N#Cc1ccc(N2C(=O)[C@@H]3[C@H](C2=O)[C@@]2(COCc4ccccc4)C[C@H](O)[C@]3(CCO)O2)cc1CF. The van der Waals surface area contributed by atoms with Crippen molar-refractivity contribution in [3.05, 3.63) is 65.2 Å². The van der Waals surface area contributed by atoms with E-state index in [9.17, 15) is 29.5 Å². The van der Waals surface area contributed by atoms with Crippen molar-refractivity contribution in [3.63, 3.8) is 0 Å². The Hall–Kier alpha value is -3.16. The van der Waals surface area contributed by atoms with Crippen molar-refractivity contribution in [3.8, 4) is 6.07 Å². The average Bonchev–Trinajstić information content (AvgIpc) is 3.42. The molecule has 3 fully saturated rings. The molecule has 2 bridgehead atoms. The minimum absolute atomic E-state index is 0.0221. The van der Waals surface area contributed by atoms with Gasteiger partial charge >= 0.3 is 0 Å². The fourth-order valence-corrected chi connectivity index (χ4v) is 5.98. The fraction of sp³-hybridized carbons (Fsp3) is 0.423. The normalized spacial score (nSPS) is 31.1. The predicted molar refractivity (Wildman–Crippen MR) is 120 cm³/mol. The first kappa shape index (κ1) is 23.6. The molecule has 2 amide bonds. The summed E-state index contributed by atoms with van der Waals surface area (Å²) in [7, 11) is 0. The molecule has 0 saturated carbocycles. The second kappa shape index (κ2) is 8.81. The average molecular weight is 480 g/mol. The molecule has 2 aromatic carbocycles. The summed E-state index contributed by atoms with van der Waals surface area (Å²) in [5, 5.41) is 29.9. The summed E-state index contributed by atoms with van der Waals surface area (Å²) in [6.45, 7) is -1.03. The fourth-order valence-electron chi connectivity index (χ4n) is 5.98. The number of rotatable bonds is 8. The molecular weight excluding hydrogens is 455 g/mol. The lowest BCUT2D eigenvalue weighted by Crippen LogP contribution is -2.52. The first-order valence-electron chi connectivity index (χ1n) is 11.5. The van der Waals surface area contributed by atoms with Crippen molar-refractivity contribution in [2.45, 2.75) is 43.4 Å². The molecule has 8 nitrogen and oxygen atoms in total. The van der Waals surface area contributed by atoms with E-state index in [4.69, 9.17) is 9.47 Å². The molecule has 3 aliphatic rings. The smallest absolute Gasteiger partial charge is 0.240 e. The van der Waals surface area contributed by atoms with Gasteiger partial charge in [-0.1, -0.05) is 30.3 Å². The van der Waals surface area contributed by atoms with Crippen LogP contribution in [0.2, 0.25) is 0 Å². The topological polar surface area (TPSA) is 120 Å². The number of imide groups is 1. The van der Waals surface area contributed by atoms with Gasteiger partial charge in [0.1, 0.15) is 17.9 Å². The number of amides is 2. The number of anilines is 1. The van der Waals surface area contributed by atoms with Crippen LogP contribution in [0.4, 0.5) is 10.1 Å². The first-order chi connectivity index (χ1) is 16.9. The van der Waals surface area contributed by atoms with E-state index in [1.807, 2.05) is 36.4 Å². The number of carbonyl (C=O) groups excluding carboxylic acids is 2. The maximum Gasteiger partial charge on any atom is 0.240 e. The Bertz CT molecular complexity index is 1200. The third-order valence-corrected chi connectivity index (χ3v) is 7.47. The molecule has 3 heterocycles. The molecule has 0 aliphatic carbocycles. The van der Waals surface area contributed by atoms with E-state index >= 15 is 0 Å². The van der Waals surface area contributed by atoms with Crippen molar-refractivity contribution >= 4 is 17.5 Å². The lowest BCUT2D eigenvalue weighted by molar-refractivity contribution is -0.144. The Morgan fingerprint density at radius 1 is 1.17 bits per heavy atom. The summed E-state index contributed by atoms with van der Waals surface area (Å²) in [5.41, 5.74) is -1.39. The van der Waals surface area contributed by atoms with Gasteiger partial charge in [-0.25, -0.2) is 9.29 Å². The highest BCUT2D eigenvalue weighted by Gasteiger charge is 2.78. The Labute approximate surface area is 201 Å². The largest absolute Gasteiger partial charge is 0.396 e. The van der Waals surface area contributed by atoms with Crippen LogP contribution in [0.15, 0.2) is 48.5 Å². The lowest BCUT2D eigenvalue weighted by Gasteiger charge is -2.35. The molecule has 5 atom stereocenters. The quantitative estimate of drug-likeness (QED) is 0.555. The van der Waals surface area contributed by atoms with E-state index in [1.54, 1.807) is 0 Å². The molecule has 3 saturated heterocycles. The van der Waals surface area contributed by atoms with E-state index in [2.05, 4.69) is 0 Å². The molecular formula is C26H25FN2O6. The minimum Gasteiger partial charge on any atom is -0.396 e. The van der Waals surface area contributed by atoms with Crippen molar-refractivity contribution in [2.24, 2.45) is 11.8 Å². The Kier molecular flexibility index (Phi) is 5.93. The zero-order chi connectivity index (χ0) is 24.8. The van der Waals surface area contributed by atoms with Gasteiger partial charge in [0, 0.05) is 25.0 Å². The van der Waals surface area contributed by atoms with Gasteiger partial charge in [0.15, 0.2) is 0 Å². The van der Waals surface area contributed by atoms with Gasteiger partial charge in [0.25, 0.3) is 0 Å². The highest BCUT2D eigenvalue weighted by Crippen LogP contribution is 2.62. The van der Waals surface area contributed by atoms with Gasteiger partial charge in [-0.05, 0) is 23.8 Å². The molecule has 5 rings (SSSR count). The van der Waals surface area contributed by atoms with E-state index in [1.165, 1.54) is 18.2 Å². The number of hydrogen-bond acceptors (Lipinski definition) is 7. The third kappa shape index (κ3) is 3.48. The summed E-state index contributed by atoms with van der Waals surface area (Å²) in [4.78, 5) is 28.3. The molecule has 3 aliphatic heterocycles. The van der Waals surface area contributed by atoms with Crippen LogP contribution in [0.3, 0.4) is 0 Å². The number of hydrogen-bond donors (Lipinski definition) is 2. The van der Waals surface area contributed by atoms with Crippen molar-refractivity contribution in [1.29, 1.82) is 5.26 Å². The maximum atomic E-state index is 13.7. The molecule has 9 heteroatoms. The van der Waals surface area contributed by atoms with Crippen LogP contribution in [-0.4, -0.2) is 52.5 Å². The Morgan fingerprint density at radius 3 is 2.60 bits per heavy atom. The molecule has 2 N–H and O–H groups in total. The van der Waals surface area contributed by atoms with Gasteiger partial charge in [-0.15, -0.1) is 0 Å². The number of fused-ring (bicyclic) bond motifs is 5. The van der Waals surface area contributed by atoms with Crippen LogP contribution >= 0.6 is 0 Å². The summed E-state index contributed by atoms with van der Waals surface area (Å²) in [6.07, 6.45) is -1.01. The van der Waals surface area contributed by atoms with Gasteiger partial charge < -0.3 is 19.7 Å². The number of nitrogens with zero attached hydrogens (tertiary/aromatic N) is 2. The maximum absolute atomic E-state index is 13.7. The number of aliphatic hydroxyl groups is 2. The van der Waals surface area contributed by atoms with Crippen LogP contribution in [0, 0.1) is 23.2 Å². The van der Waals surface area contributed by atoms with Crippen molar-refractivity contribution < 1.29 is 33.7 Å². The van der Waals surface area contributed by atoms with E-state index in [-0.39, 0.29) is 49.5 Å². The summed E-state index contributed by atoms with van der Waals surface area (Å²) in [6, 6.07) is 15.5. The van der Waals surface area contributed by atoms with Crippen LogP contribution in [0.1, 0.15) is 29.5 Å². The zero-order valence-electron chi connectivity index (χ0n) is 18.9.